The van der Waals surface area contributed by atoms with Crippen molar-refractivity contribution in [3.05, 3.63) is 0 Å². The number of nitrogens with zero attached hydrogens (tertiary/aromatic N) is 1. The van der Waals surface area contributed by atoms with E-state index in [0.29, 0.717) is 17.7 Å². The summed E-state index contributed by atoms with van der Waals surface area (Å²) in [5.74, 6) is 1.92. The van der Waals surface area contributed by atoms with E-state index in [1.54, 1.807) is 0 Å². The molecule has 1 aliphatic heterocycles. The third-order valence-corrected chi connectivity index (χ3v) is 4.29. The second kappa shape index (κ2) is 4.92. The van der Waals surface area contributed by atoms with E-state index < -0.39 is 0 Å². The molecule has 0 aromatic carbocycles. The second-order valence-electron chi connectivity index (χ2n) is 5.54. The number of rotatable bonds is 4. The first-order chi connectivity index (χ1) is 7.07. The van der Waals surface area contributed by atoms with Crippen LogP contribution in [0.1, 0.15) is 26.7 Å². The van der Waals surface area contributed by atoms with E-state index in [1.807, 2.05) is 7.05 Å². The highest BCUT2D eigenvalue weighted by Crippen LogP contribution is 2.61. The first kappa shape index (κ1) is 13.8. The Labute approximate surface area is 104 Å². The SMILES string of the molecule is CNCCCC(=O)N1CC2C(C1)C2(C)C.Cl. The average Bonchev–Trinajstić information content (AvgIpc) is 2.62. The first-order valence-corrected chi connectivity index (χ1v) is 5.99. The molecule has 0 radical (unpaired) electrons. The van der Waals surface area contributed by atoms with Gasteiger partial charge < -0.3 is 10.2 Å². The minimum Gasteiger partial charge on any atom is -0.342 e. The summed E-state index contributed by atoms with van der Waals surface area (Å²) in [4.78, 5) is 13.9. The lowest BCUT2D eigenvalue weighted by atomic mass is 10.1. The fourth-order valence-corrected chi connectivity index (χ4v) is 2.91. The number of fused-ring (bicyclic) bond motifs is 1. The molecule has 2 unspecified atom stereocenters. The van der Waals surface area contributed by atoms with Gasteiger partial charge in [-0.15, -0.1) is 12.4 Å². The van der Waals surface area contributed by atoms with Crippen LogP contribution in [0.2, 0.25) is 0 Å². The van der Waals surface area contributed by atoms with Gasteiger partial charge in [0.2, 0.25) is 5.91 Å². The smallest absolute Gasteiger partial charge is 0.222 e. The number of halogens is 1. The van der Waals surface area contributed by atoms with Crippen molar-refractivity contribution >= 4 is 18.3 Å². The maximum atomic E-state index is 11.8. The lowest BCUT2D eigenvalue weighted by molar-refractivity contribution is -0.131. The number of amides is 1. The van der Waals surface area contributed by atoms with Crippen molar-refractivity contribution < 1.29 is 4.79 Å². The van der Waals surface area contributed by atoms with Crippen LogP contribution in [-0.2, 0) is 4.79 Å². The predicted molar refractivity (Wildman–Crippen MR) is 67.7 cm³/mol. The molecule has 94 valence electrons. The molecule has 2 aliphatic rings. The third-order valence-electron chi connectivity index (χ3n) is 4.29. The molecule has 1 N–H and O–H groups in total. The number of likely N-dealkylation sites (tertiary alicyclic amines) is 1. The minimum atomic E-state index is 0. The van der Waals surface area contributed by atoms with E-state index in [1.165, 1.54) is 0 Å². The molecule has 1 saturated heterocycles. The Kier molecular flexibility index (Phi) is 4.24. The van der Waals surface area contributed by atoms with E-state index in [4.69, 9.17) is 0 Å². The summed E-state index contributed by atoms with van der Waals surface area (Å²) in [5.41, 5.74) is 0.516. The fraction of sp³-hybridized carbons (Fsp3) is 0.917. The molecule has 1 amide bonds. The number of hydrogen-bond donors (Lipinski definition) is 1. The number of nitrogens with one attached hydrogen (secondary N) is 1. The van der Waals surface area contributed by atoms with E-state index in [9.17, 15) is 4.79 Å². The van der Waals surface area contributed by atoms with Crippen molar-refractivity contribution in [2.75, 3.05) is 26.7 Å². The molecular formula is C12H23ClN2O. The standard InChI is InChI=1S/C12H22N2O.ClH/c1-12(2)9-7-14(8-10(9)12)11(15)5-4-6-13-3;/h9-10,13H,4-8H2,1-3H3;1H. The maximum absolute atomic E-state index is 11.8. The van der Waals surface area contributed by atoms with Crippen molar-refractivity contribution in [2.45, 2.75) is 26.7 Å². The van der Waals surface area contributed by atoms with Crippen LogP contribution in [-0.4, -0.2) is 37.5 Å². The Morgan fingerprint density at radius 3 is 2.44 bits per heavy atom. The predicted octanol–water partition coefficient (Wildman–Crippen LogP) is 1.52. The fourth-order valence-electron chi connectivity index (χ4n) is 2.91. The van der Waals surface area contributed by atoms with Crippen LogP contribution in [0.5, 0.6) is 0 Å². The third kappa shape index (κ3) is 2.35. The van der Waals surface area contributed by atoms with Crippen molar-refractivity contribution in [1.82, 2.24) is 10.2 Å². The summed E-state index contributed by atoms with van der Waals surface area (Å²) >= 11 is 0. The molecule has 1 aliphatic carbocycles. The summed E-state index contributed by atoms with van der Waals surface area (Å²) in [6.07, 6.45) is 1.67. The topological polar surface area (TPSA) is 32.3 Å². The number of piperidine rings is 1. The van der Waals surface area contributed by atoms with E-state index in [0.717, 1.165) is 37.9 Å². The number of carbonyl (C=O) groups excluding carboxylic acids is 1. The normalized spacial score (nSPS) is 29.6. The van der Waals surface area contributed by atoms with Crippen LogP contribution in [0.15, 0.2) is 0 Å². The Hall–Kier alpha value is -0.280. The molecule has 0 aromatic rings. The van der Waals surface area contributed by atoms with Gasteiger partial charge in [-0.25, -0.2) is 0 Å². The van der Waals surface area contributed by atoms with Gasteiger partial charge in [0.1, 0.15) is 0 Å². The zero-order chi connectivity index (χ0) is 11.1. The summed E-state index contributed by atoms with van der Waals surface area (Å²) < 4.78 is 0. The van der Waals surface area contributed by atoms with Crippen LogP contribution in [0.4, 0.5) is 0 Å². The summed E-state index contributed by atoms with van der Waals surface area (Å²) in [7, 11) is 1.93. The van der Waals surface area contributed by atoms with Gasteiger partial charge in [0.25, 0.3) is 0 Å². The van der Waals surface area contributed by atoms with Crippen molar-refractivity contribution in [1.29, 1.82) is 0 Å². The summed E-state index contributed by atoms with van der Waals surface area (Å²) in [6.45, 7) is 7.61. The zero-order valence-corrected chi connectivity index (χ0v) is 11.3. The second-order valence-corrected chi connectivity index (χ2v) is 5.54. The van der Waals surface area contributed by atoms with Crippen LogP contribution in [0.3, 0.4) is 0 Å². The molecule has 1 heterocycles. The minimum absolute atomic E-state index is 0. The van der Waals surface area contributed by atoms with E-state index >= 15 is 0 Å². The molecule has 1 saturated carbocycles. The van der Waals surface area contributed by atoms with Gasteiger partial charge >= 0.3 is 0 Å². The van der Waals surface area contributed by atoms with Crippen LogP contribution in [0.25, 0.3) is 0 Å². The molecule has 3 nitrogen and oxygen atoms in total. The van der Waals surface area contributed by atoms with Gasteiger partial charge in [0, 0.05) is 19.5 Å². The average molecular weight is 247 g/mol. The van der Waals surface area contributed by atoms with Crippen LogP contribution in [0, 0.1) is 17.3 Å². The largest absolute Gasteiger partial charge is 0.342 e. The molecule has 0 spiro atoms. The maximum Gasteiger partial charge on any atom is 0.222 e. The van der Waals surface area contributed by atoms with E-state index in [-0.39, 0.29) is 12.4 Å². The molecule has 2 atom stereocenters. The lowest BCUT2D eigenvalue weighted by Crippen LogP contribution is -2.33. The Balaban J connectivity index is 0.00000128. The van der Waals surface area contributed by atoms with Gasteiger partial charge in [-0.2, -0.15) is 0 Å². The number of hydrogen-bond acceptors (Lipinski definition) is 2. The zero-order valence-electron chi connectivity index (χ0n) is 10.5. The molecule has 2 fully saturated rings. The molecule has 4 heteroatoms. The lowest BCUT2D eigenvalue weighted by Gasteiger charge is -2.22. The molecular weight excluding hydrogens is 224 g/mol. The van der Waals surface area contributed by atoms with Crippen molar-refractivity contribution in [3.8, 4) is 0 Å². The first-order valence-electron chi connectivity index (χ1n) is 5.99. The Bertz CT molecular complexity index is 254. The van der Waals surface area contributed by atoms with Crippen molar-refractivity contribution in [2.24, 2.45) is 17.3 Å². The highest BCUT2D eigenvalue weighted by molar-refractivity contribution is 5.85. The van der Waals surface area contributed by atoms with Gasteiger partial charge in [-0.1, -0.05) is 13.8 Å². The van der Waals surface area contributed by atoms with Crippen LogP contribution >= 0.6 is 12.4 Å². The van der Waals surface area contributed by atoms with Gasteiger partial charge in [-0.05, 0) is 37.3 Å². The highest BCUT2D eigenvalue weighted by Gasteiger charge is 2.62. The summed E-state index contributed by atoms with van der Waals surface area (Å²) in [5, 5.41) is 3.07. The van der Waals surface area contributed by atoms with Crippen molar-refractivity contribution in [3.63, 3.8) is 0 Å². The van der Waals surface area contributed by atoms with Gasteiger partial charge in [0.15, 0.2) is 0 Å². The van der Waals surface area contributed by atoms with Gasteiger partial charge in [0.05, 0.1) is 0 Å². The van der Waals surface area contributed by atoms with E-state index in [2.05, 4.69) is 24.1 Å². The quantitative estimate of drug-likeness (QED) is 0.763. The monoisotopic (exact) mass is 246 g/mol. The molecule has 16 heavy (non-hydrogen) atoms. The molecule has 2 rings (SSSR count). The molecule has 0 bridgehead atoms. The Morgan fingerprint density at radius 2 is 1.94 bits per heavy atom. The summed E-state index contributed by atoms with van der Waals surface area (Å²) in [6, 6.07) is 0. The molecule has 0 aromatic heterocycles. The Morgan fingerprint density at radius 1 is 1.38 bits per heavy atom. The van der Waals surface area contributed by atoms with Crippen LogP contribution < -0.4 is 5.32 Å². The number of carbonyl (C=O) groups is 1. The highest BCUT2D eigenvalue weighted by atomic mass is 35.5. The van der Waals surface area contributed by atoms with Gasteiger partial charge in [-0.3, -0.25) is 4.79 Å².